The van der Waals surface area contributed by atoms with Crippen molar-refractivity contribution in [1.29, 1.82) is 0 Å². The number of halogens is 1. The summed E-state index contributed by atoms with van der Waals surface area (Å²) in [4.78, 5) is 35.2. The predicted octanol–water partition coefficient (Wildman–Crippen LogP) is 2.13. The molecule has 2 aliphatic rings. The highest BCUT2D eigenvalue weighted by Crippen LogP contribution is 2.33. The molecule has 35 heavy (non-hydrogen) atoms. The van der Waals surface area contributed by atoms with Gasteiger partial charge in [0.25, 0.3) is 0 Å². The van der Waals surface area contributed by atoms with Crippen LogP contribution >= 0.6 is 23.4 Å². The van der Waals surface area contributed by atoms with E-state index in [4.69, 9.17) is 30.5 Å². The zero-order valence-electron chi connectivity index (χ0n) is 19.7. The molecule has 0 aliphatic carbocycles. The highest BCUT2D eigenvalue weighted by Gasteiger charge is 2.42. The van der Waals surface area contributed by atoms with Gasteiger partial charge in [-0.25, -0.2) is 9.59 Å². The number of nitrogens with one attached hydrogen (secondary N) is 3. The number of rotatable bonds is 15. The fourth-order valence-electron chi connectivity index (χ4n) is 3.87. The van der Waals surface area contributed by atoms with Crippen molar-refractivity contribution in [2.75, 3.05) is 45.8 Å². The van der Waals surface area contributed by atoms with Crippen LogP contribution in [0.3, 0.4) is 0 Å². The molecule has 2 heterocycles. The second-order valence-electron chi connectivity index (χ2n) is 8.15. The lowest BCUT2D eigenvalue weighted by Gasteiger charge is -2.16. The third-order valence-corrected chi connectivity index (χ3v) is 7.40. The molecule has 194 valence electrons. The average molecular weight is 530 g/mol. The van der Waals surface area contributed by atoms with Gasteiger partial charge in [-0.05, 0) is 25.0 Å². The number of methoxy groups -OCH3 is 1. The number of carbonyl (C=O) groups excluding carboxylic acids is 3. The number of urea groups is 1. The minimum atomic E-state index is -0.547. The first-order valence-electron chi connectivity index (χ1n) is 11.6. The van der Waals surface area contributed by atoms with Gasteiger partial charge in [0.05, 0.1) is 44.0 Å². The van der Waals surface area contributed by atoms with Crippen molar-refractivity contribution in [3.8, 4) is 11.5 Å². The first kappa shape index (κ1) is 27.4. The van der Waals surface area contributed by atoms with E-state index in [0.29, 0.717) is 48.0 Å². The lowest BCUT2D eigenvalue weighted by atomic mass is 10.0. The molecule has 0 aromatic heterocycles. The summed E-state index contributed by atoms with van der Waals surface area (Å²) in [7, 11) is 1.50. The molecule has 0 spiro atoms. The van der Waals surface area contributed by atoms with Gasteiger partial charge in [-0.2, -0.15) is 11.8 Å². The van der Waals surface area contributed by atoms with Crippen LogP contribution in [0.1, 0.15) is 25.7 Å². The van der Waals surface area contributed by atoms with Crippen LogP contribution in [0.5, 0.6) is 11.5 Å². The minimum absolute atomic E-state index is 0.000909. The van der Waals surface area contributed by atoms with Crippen LogP contribution in [0.2, 0.25) is 5.02 Å². The molecule has 2 saturated heterocycles. The molecule has 0 saturated carbocycles. The monoisotopic (exact) mass is 529 g/mol. The zero-order valence-corrected chi connectivity index (χ0v) is 21.3. The number of hydrogen-bond donors (Lipinski definition) is 3. The largest absolute Gasteiger partial charge is 0.495 e. The van der Waals surface area contributed by atoms with Crippen LogP contribution in [0, 0.1) is 0 Å². The Labute approximate surface area is 214 Å². The highest BCUT2D eigenvalue weighted by molar-refractivity contribution is 8.00. The first-order chi connectivity index (χ1) is 17.0. The summed E-state index contributed by atoms with van der Waals surface area (Å²) in [5, 5.41) is 9.51. The van der Waals surface area contributed by atoms with E-state index in [1.165, 1.54) is 13.2 Å². The second-order valence-corrected chi connectivity index (χ2v) is 9.83. The minimum Gasteiger partial charge on any atom is -0.495 e. The van der Waals surface area contributed by atoms with Gasteiger partial charge in [-0.3, -0.25) is 4.79 Å². The van der Waals surface area contributed by atoms with Crippen LogP contribution in [0.15, 0.2) is 18.2 Å². The van der Waals surface area contributed by atoms with Gasteiger partial charge >= 0.3 is 12.0 Å². The first-order valence-corrected chi connectivity index (χ1v) is 13.0. The molecule has 1 aromatic rings. The quantitative estimate of drug-likeness (QED) is 0.137. The molecular weight excluding hydrogens is 498 g/mol. The Morgan fingerprint density at radius 2 is 2.00 bits per heavy atom. The van der Waals surface area contributed by atoms with E-state index in [-0.39, 0.29) is 37.2 Å². The van der Waals surface area contributed by atoms with Gasteiger partial charge < -0.3 is 34.9 Å². The molecule has 2 fully saturated rings. The normalized spacial score (nSPS) is 20.6. The van der Waals surface area contributed by atoms with Crippen molar-refractivity contribution < 1.29 is 33.3 Å². The number of unbranched alkanes of at least 4 members (excludes halogenated alkanes) is 1. The summed E-state index contributed by atoms with van der Waals surface area (Å²) in [6, 6.07) is 5.05. The number of benzene rings is 1. The van der Waals surface area contributed by atoms with Gasteiger partial charge in [0.15, 0.2) is 0 Å². The molecular formula is C23H32ClN3O7S. The molecule has 0 unspecified atom stereocenters. The van der Waals surface area contributed by atoms with E-state index >= 15 is 0 Å². The van der Waals surface area contributed by atoms with Gasteiger partial charge in [-0.1, -0.05) is 18.0 Å². The third kappa shape index (κ3) is 9.06. The molecule has 3 atom stereocenters. The summed E-state index contributed by atoms with van der Waals surface area (Å²) in [6.45, 7) is 1.08. The topological polar surface area (TPSA) is 124 Å². The third-order valence-electron chi connectivity index (χ3n) is 5.60. The van der Waals surface area contributed by atoms with Crippen LogP contribution in [0.25, 0.3) is 0 Å². The fourth-order valence-corrected chi connectivity index (χ4v) is 5.66. The molecule has 3 N–H and O–H groups in total. The molecule has 2 aliphatic heterocycles. The number of ether oxygens (including phenoxy) is 4. The van der Waals surface area contributed by atoms with Crippen LogP contribution in [-0.2, 0) is 19.1 Å². The van der Waals surface area contributed by atoms with E-state index in [0.717, 1.165) is 25.0 Å². The number of esters is 1. The summed E-state index contributed by atoms with van der Waals surface area (Å²) < 4.78 is 20.8. The Morgan fingerprint density at radius 3 is 2.80 bits per heavy atom. The molecule has 0 bridgehead atoms. The molecule has 10 nitrogen and oxygen atoms in total. The molecule has 3 amide bonds. The van der Waals surface area contributed by atoms with E-state index in [1.807, 2.05) is 11.8 Å². The second kappa shape index (κ2) is 14.4. The van der Waals surface area contributed by atoms with Gasteiger partial charge in [-0.15, -0.1) is 0 Å². The fraction of sp³-hybridized carbons (Fsp3) is 0.609. The Hall–Kier alpha value is -2.21. The summed E-state index contributed by atoms with van der Waals surface area (Å²) in [5.41, 5.74) is 0. The summed E-state index contributed by atoms with van der Waals surface area (Å²) in [5.74, 6) is 1.20. The highest BCUT2D eigenvalue weighted by atomic mass is 35.5. The summed E-state index contributed by atoms with van der Waals surface area (Å²) >= 11 is 7.88. The maximum Gasteiger partial charge on any atom is 0.337 e. The van der Waals surface area contributed by atoms with Crippen molar-refractivity contribution in [2.45, 2.75) is 43.0 Å². The van der Waals surface area contributed by atoms with E-state index < -0.39 is 5.97 Å². The van der Waals surface area contributed by atoms with Crippen molar-refractivity contribution in [3.05, 3.63) is 23.2 Å². The van der Waals surface area contributed by atoms with Crippen LogP contribution < -0.4 is 25.4 Å². The average Bonchev–Trinajstić information content (AvgIpc) is 3.37. The zero-order chi connectivity index (χ0) is 25.0. The van der Waals surface area contributed by atoms with Crippen molar-refractivity contribution >= 4 is 41.3 Å². The lowest BCUT2D eigenvalue weighted by molar-refractivity contribution is -0.140. The van der Waals surface area contributed by atoms with Gasteiger partial charge in [0.2, 0.25) is 5.91 Å². The van der Waals surface area contributed by atoms with Crippen molar-refractivity contribution in [3.63, 3.8) is 0 Å². The number of hydrogen-bond acceptors (Lipinski definition) is 8. The molecule has 3 rings (SSSR count). The van der Waals surface area contributed by atoms with E-state index in [2.05, 4.69) is 16.0 Å². The van der Waals surface area contributed by atoms with E-state index in [9.17, 15) is 14.4 Å². The number of carbonyl (C=O) groups is 3. The Morgan fingerprint density at radius 1 is 1.17 bits per heavy atom. The maximum atomic E-state index is 12.0. The standard InChI is InChI=1S/C23H32ClN3O7S/c1-31-18-7-6-15(12-16(18)24)34-21(29)13-33-11-10-32-9-8-25-20(28)5-3-2-4-19-22-17(14-35-19)26-23(30)27-22/h6-7,12,17,19,22H,2-5,8-11,13-14H2,1H3,(H,25,28)(H2,26,27,30)/t17-,19-,22-/m0/s1. The Kier molecular flexibility index (Phi) is 11.2. The van der Waals surface area contributed by atoms with Crippen LogP contribution in [-0.4, -0.2) is 81.1 Å². The number of thioether (sulfide) groups is 1. The Bertz CT molecular complexity index is 876. The Balaban J connectivity index is 1.12. The molecule has 0 radical (unpaired) electrons. The van der Waals surface area contributed by atoms with Gasteiger partial charge in [0.1, 0.15) is 18.1 Å². The van der Waals surface area contributed by atoms with E-state index in [1.54, 1.807) is 12.1 Å². The summed E-state index contributed by atoms with van der Waals surface area (Å²) in [6.07, 6.45) is 3.23. The molecule has 1 aromatic carbocycles. The molecule has 12 heteroatoms. The van der Waals surface area contributed by atoms with Crippen LogP contribution in [0.4, 0.5) is 4.79 Å². The van der Waals surface area contributed by atoms with Gasteiger partial charge in [0, 0.05) is 30.0 Å². The number of fused-ring (bicyclic) bond motifs is 1. The number of amides is 3. The van der Waals surface area contributed by atoms with Crippen molar-refractivity contribution in [1.82, 2.24) is 16.0 Å². The maximum absolute atomic E-state index is 12.0. The smallest absolute Gasteiger partial charge is 0.337 e. The predicted molar refractivity (Wildman–Crippen MR) is 132 cm³/mol. The lowest BCUT2D eigenvalue weighted by Crippen LogP contribution is -2.36. The van der Waals surface area contributed by atoms with Crippen molar-refractivity contribution in [2.24, 2.45) is 0 Å². The SMILES string of the molecule is COc1ccc(OC(=O)COCCOCCNC(=O)CCCC[C@@H]2SC[C@@H]3NC(=O)N[C@@H]32)cc1Cl.